The molecule has 0 N–H and O–H groups in total. The van der Waals surface area contributed by atoms with Crippen LogP contribution < -0.4 is 18.9 Å². The van der Waals surface area contributed by atoms with Gasteiger partial charge >= 0.3 is 0 Å². The largest absolute Gasteiger partial charge is 0.496 e. The molecule has 1 atom stereocenters. The summed E-state index contributed by atoms with van der Waals surface area (Å²) < 4.78 is 35.5. The maximum absolute atomic E-state index is 13.5. The quantitative estimate of drug-likeness (QED) is 0.734. The fraction of sp³-hybridized carbons (Fsp3) is 0.381. The smallest absolute Gasteiger partial charge is 0.231 e. The van der Waals surface area contributed by atoms with E-state index in [1.807, 2.05) is 13.1 Å². The van der Waals surface area contributed by atoms with Gasteiger partial charge in [0.05, 0.1) is 19.8 Å². The van der Waals surface area contributed by atoms with E-state index in [2.05, 4.69) is 4.90 Å². The first-order chi connectivity index (χ1) is 13.5. The fourth-order valence-corrected chi connectivity index (χ4v) is 3.96. The first-order valence-electron chi connectivity index (χ1n) is 9.09. The number of hydrogen-bond acceptors (Lipinski definition) is 6. The highest BCUT2D eigenvalue weighted by molar-refractivity contribution is 5.99. The normalized spacial score (nSPS) is 17.9. The lowest BCUT2D eigenvalue weighted by atomic mass is 9.87. The van der Waals surface area contributed by atoms with Crippen LogP contribution in [0.3, 0.4) is 0 Å². The third-order valence-corrected chi connectivity index (χ3v) is 5.39. The monoisotopic (exact) mass is 387 g/mol. The molecular formula is C21H22FNO5. The summed E-state index contributed by atoms with van der Waals surface area (Å²) in [6, 6.07) is 5.74. The van der Waals surface area contributed by atoms with Crippen molar-refractivity contribution in [3.8, 4) is 23.0 Å². The van der Waals surface area contributed by atoms with Crippen molar-refractivity contribution in [2.45, 2.75) is 18.9 Å². The SMILES string of the molecule is COc1cc(F)ccc1C(=O)CC1c2c(cc3c(c2OC)OCO3)CCN1C. The Morgan fingerprint density at radius 1 is 1.25 bits per heavy atom. The zero-order chi connectivity index (χ0) is 19.8. The molecule has 4 rings (SSSR count). The van der Waals surface area contributed by atoms with Gasteiger partial charge in [0.15, 0.2) is 17.3 Å². The van der Waals surface area contributed by atoms with Crippen molar-refractivity contribution in [3.05, 3.63) is 46.8 Å². The summed E-state index contributed by atoms with van der Waals surface area (Å²) in [5.74, 6) is 1.53. The maximum atomic E-state index is 13.5. The Labute approximate surface area is 162 Å². The van der Waals surface area contributed by atoms with Crippen molar-refractivity contribution in [2.75, 3.05) is 34.6 Å². The second kappa shape index (κ2) is 7.31. The van der Waals surface area contributed by atoms with Crippen LogP contribution in [-0.2, 0) is 6.42 Å². The summed E-state index contributed by atoms with van der Waals surface area (Å²) in [6.07, 6.45) is 1.03. The van der Waals surface area contributed by atoms with Gasteiger partial charge in [0.25, 0.3) is 0 Å². The minimum atomic E-state index is -0.442. The van der Waals surface area contributed by atoms with Gasteiger partial charge in [0, 0.05) is 30.6 Å². The molecule has 7 heteroatoms. The Morgan fingerprint density at radius 2 is 2.07 bits per heavy atom. The number of likely N-dealkylation sites (N-methyl/N-ethyl adjacent to an activating group) is 1. The molecule has 2 aliphatic heterocycles. The topological polar surface area (TPSA) is 57.2 Å². The molecular weight excluding hydrogens is 365 g/mol. The minimum Gasteiger partial charge on any atom is -0.496 e. The molecule has 0 amide bonds. The number of benzene rings is 2. The summed E-state index contributed by atoms with van der Waals surface area (Å²) in [5.41, 5.74) is 2.39. The number of ketones is 1. The van der Waals surface area contributed by atoms with Crippen molar-refractivity contribution in [1.29, 1.82) is 0 Å². The maximum Gasteiger partial charge on any atom is 0.231 e. The molecule has 0 radical (unpaired) electrons. The van der Waals surface area contributed by atoms with Gasteiger partial charge in [-0.15, -0.1) is 0 Å². The van der Waals surface area contributed by atoms with E-state index in [1.54, 1.807) is 7.11 Å². The number of ether oxygens (including phenoxy) is 4. The number of carbonyl (C=O) groups is 1. The highest BCUT2D eigenvalue weighted by Gasteiger charge is 2.35. The second-order valence-electron chi connectivity index (χ2n) is 6.93. The first-order valence-corrected chi connectivity index (χ1v) is 9.09. The summed E-state index contributed by atoms with van der Waals surface area (Å²) in [5, 5.41) is 0. The van der Waals surface area contributed by atoms with Gasteiger partial charge in [-0.25, -0.2) is 4.39 Å². The van der Waals surface area contributed by atoms with Gasteiger partial charge in [-0.1, -0.05) is 0 Å². The zero-order valence-electron chi connectivity index (χ0n) is 16.1. The van der Waals surface area contributed by atoms with E-state index in [9.17, 15) is 9.18 Å². The van der Waals surface area contributed by atoms with Gasteiger partial charge < -0.3 is 18.9 Å². The van der Waals surface area contributed by atoms with Crippen LogP contribution in [0.25, 0.3) is 0 Å². The molecule has 0 saturated carbocycles. The predicted molar refractivity (Wildman–Crippen MR) is 100 cm³/mol. The van der Waals surface area contributed by atoms with Crippen molar-refractivity contribution in [2.24, 2.45) is 0 Å². The lowest BCUT2D eigenvalue weighted by Gasteiger charge is -2.35. The molecule has 6 nitrogen and oxygen atoms in total. The average Bonchev–Trinajstić information content (AvgIpc) is 3.16. The third kappa shape index (κ3) is 3.05. The van der Waals surface area contributed by atoms with Crippen LogP contribution >= 0.6 is 0 Å². The molecule has 2 aliphatic rings. The Balaban J connectivity index is 1.73. The Kier molecular flexibility index (Phi) is 4.85. The van der Waals surface area contributed by atoms with Gasteiger partial charge in [0.2, 0.25) is 12.5 Å². The fourth-order valence-electron chi connectivity index (χ4n) is 3.96. The highest BCUT2D eigenvalue weighted by Crippen LogP contribution is 2.50. The number of halogens is 1. The third-order valence-electron chi connectivity index (χ3n) is 5.39. The van der Waals surface area contributed by atoms with Crippen LogP contribution in [0, 0.1) is 5.82 Å². The number of carbonyl (C=O) groups excluding carboxylic acids is 1. The number of nitrogens with zero attached hydrogens (tertiary/aromatic N) is 1. The molecule has 2 heterocycles. The summed E-state index contributed by atoms with van der Waals surface area (Å²) >= 11 is 0. The van der Waals surface area contributed by atoms with E-state index in [1.165, 1.54) is 25.3 Å². The molecule has 28 heavy (non-hydrogen) atoms. The molecule has 0 spiro atoms. The van der Waals surface area contributed by atoms with Crippen LogP contribution in [0.2, 0.25) is 0 Å². The van der Waals surface area contributed by atoms with Crippen molar-refractivity contribution in [1.82, 2.24) is 4.90 Å². The number of rotatable bonds is 5. The van der Waals surface area contributed by atoms with Gasteiger partial charge in [-0.05, 0) is 37.2 Å². The van der Waals surface area contributed by atoms with Crippen LogP contribution in [0.1, 0.15) is 33.9 Å². The molecule has 148 valence electrons. The summed E-state index contributed by atoms with van der Waals surface area (Å²) in [7, 11) is 5.00. The van der Waals surface area contributed by atoms with E-state index in [0.717, 1.165) is 24.1 Å². The van der Waals surface area contributed by atoms with E-state index in [4.69, 9.17) is 18.9 Å². The van der Waals surface area contributed by atoms with Crippen LogP contribution in [0.4, 0.5) is 4.39 Å². The molecule has 0 aromatic heterocycles. The van der Waals surface area contributed by atoms with Crippen LogP contribution in [0.15, 0.2) is 24.3 Å². The van der Waals surface area contributed by atoms with Crippen molar-refractivity contribution < 1.29 is 28.1 Å². The Morgan fingerprint density at radius 3 is 2.82 bits per heavy atom. The molecule has 1 unspecified atom stereocenters. The van der Waals surface area contributed by atoms with Crippen molar-refractivity contribution >= 4 is 5.78 Å². The molecule has 2 aromatic carbocycles. The molecule has 0 saturated heterocycles. The predicted octanol–water partition coefficient (Wildman–Crippen LogP) is 3.37. The summed E-state index contributed by atoms with van der Waals surface area (Å²) in [4.78, 5) is 15.2. The Bertz CT molecular complexity index is 929. The Hall–Kier alpha value is -2.80. The standard InChI is InChI=1S/C21H22FNO5/c1-23-7-6-12-8-18-20(28-11-27-18)21(26-3)19(12)15(23)10-16(24)14-5-4-13(22)9-17(14)25-2/h4-5,8-9,15H,6-7,10-11H2,1-3H3. The van der Waals surface area contributed by atoms with Crippen LogP contribution in [0.5, 0.6) is 23.0 Å². The molecule has 0 bridgehead atoms. The lowest BCUT2D eigenvalue weighted by molar-refractivity contribution is 0.0922. The van der Waals surface area contributed by atoms with E-state index < -0.39 is 5.82 Å². The number of methoxy groups -OCH3 is 2. The minimum absolute atomic E-state index is 0.124. The number of fused-ring (bicyclic) bond motifs is 2. The van der Waals surface area contributed by atoms with Gasteiger partial charge in [-0.3, -0.25) is 9.69 Å². The average molecular weight is 387 g/mol. The molecule has 0 fully saturated rings. The lowest BCUT2D eigenvalue weighted by Crippen LogP contribution is -2.34. The molecule has 2 aromatic rings. The van der Waals surface area contributed by atoms with E-state index >= 15 is 0 Å². The first kappa shape index (κ1) is 18.6. The number of Topliss-reactive ketones (excluding diaryl/α,β-unsaturated/α-hetero) is 1. The van der Waals surface area contributed by atoms with E-state index in [0.29, 0.717) is 22.8 Å². The van der Waals surface area contributed by atoms with Crippen LogP contribution in [-0.4, -0.2) is 45.3 Å². The van der Waals surface area contributed by atoms with Gasteiger partial charge in [-0.2, -0.15) is 0 Å². The van der Waals surface area contributed by atoms with Gasteiger partial charge in [0.1, 0.15) is 11.6 Å². The number of hydrogen-bond donors (Lipinski definition) is 0. The highest BCUT2D eigenvalue weighted by atomic mass is 19.1. The van der Waals surface area contributed by atoms with E-state index in [-0.39, 0.29) is 30.8 Å². The summed E-state index contributed by atoms with van der Waals surface area (Å²) in [6.45, 7) is 0.953. The molecule has 0 aliphatic carbocycles. The zero-order valence-corrected chi connectivity index (χ0v) is 16.1. The van der Waals surface area contributed by atoms with Crippen molar-refractivity contribution in [3.63, 3.8) is 0 Å². The second-order valence-corrected chi connectivity index (χ2v) is 6.93.